The van der Waals surface area contributed by atoms with Crippen molar-refractivity contribution < 1.29 is 9.52 Å². The zero-order valence-corrected chi connectivity index (χ0v) is 5.24. The molecule has 1 rings (SSSR count). The molecule has 1 N–H and O–H groups in total. The molecule has 0 spiro atoms. The molecule has 0 saturated carbocycles. The van der Waals surface area contributed by atoms with Crippen LogP contribution < -0.4 is 0 Å². The highest BCUT2D eigenvalue weighted by atomic mass is 16.4. The van der Waals surface area contributed by atoms with Crippen LogP contribution in [0.5, 0.6) is 0 Å². The molecular formula is C6H9NO2. The quantitative estimate of drug-likeness (QED) is 0.647. The van der Waals surface area contributed by atoms with E-state index < -0.39 is 6.10 Å². The van der Waals surface area contributed by atoms with Crippen LogP contribution in [0.4, 0.5) is 0 Å². The molecule has 0 unspecified atom stereocenters. The monoisotopic (exact) mass is 127 g/mol. The average molecular weight is 127 g/mol. The minimum absolute atomic E-state index is 0.493. The second-order valence-electron chi connectivity index (χ2n) is 1.83. The lowest BCUT2D eigenvalue weighted by Crippen LogP contribution is -1.91. The Morgan fingerprint density at radius 3 is 3.11 bits per heavy atom. The summed E-state index contributed by atoms with van der Waals surface area (Å²) >= 11 is 0. The predicted octanol–water partition coefficient (Wildman–Crippen LogP) is 1.12. The maximum atomic E-state index is 9.08. The topological polar surface area (TPSA) is 46.3 Å². The fourth-order valence-corrected chi connectivity index (χ4v) is 0.591. The number of aromatic nitrogens is 1. The first-order chi connectivity index (χ1) is 4.34. The standard InChI is InChI=1S/C6H9NO2/c1-2-5(8)6-3-7-4-9-6/h3-5,8H,2H2,1H3/t5-/m0/s1. The lowest BCUT2D eigenvalue weighted by atomic mass is 10.2. The molecule has 0 saturated heterocycles. The first kappa shape index (κ1) is 6.29. The van der Waals surface area contributed by atoms with E-state index >= 15 is 0 Å². The van der Waals surface area contributed by atoms with Crippen molar-refractivity contribution in [2.24, 2.45) is 0 Å². The van der Waals surface area contributed by atoms with Crippen LogP contribution in [0.1, 0.15) is 25.2 Å². The Balaban J connectivity index is 2.65. The van der Waals surface area contributed by atoms with E-state index in [9.17, 15) is 0 Å². The van der Waals surface area contributed by atoms with E-state index in [4.69, 9.17) is 9.52 Å². The lowest BCUT2D eigenvalue weighted by molar-refractivity contribution is 0.146. The Hall–Kier alpha value is -0.830. The Morgan fingerprint density at radius 1 is 1.89 bits per heavy atom. The van der Waals surface area contributed by atoms with Crippen LogP contribution >= 0.6 is 0 Å². The minimum atomic E-state index is -0.493. The van der Waals surface area contributed by atoms with Crippen molar-refractivity contribution in [1.82, 2.24) is 4.98 Å². The van der Waals surface area contributed by atoms with Gasteiger partial charge in [0.15, 0.2) is 12.2 Å². The highest BCUT2D eigenvalue weighted by Gasteiger charge is 2.06. The Labute approximate surface area is 53.3 Å². The second-order valence-corrected chi connectivity index (χ2v) is 1.83. The van der Waals surface area contributed by atoms with Crippen molar-refractivity contribution in [1.29, 1.82) is 0 Å². The minimum Gasteiger partial charge on any atom is -0.446 e. The fourth-order valence-electron chi connectivity index (χ4n) is 0.591. The van der Waals surface area contributed by atoms with Gasteiger partial charge in [-0.25, -0.2) is 4.98 Å². The molecule has 0 aliphatic carbocycles. The molecule has 0 aromatic carbocycles. The summed E-state index contributed by atoms with van der Waals surface area (Å²) in [6.45, 7) is 1.88. The van der Waals surface area contributed by atoms with Gasteiger partial charge in [-0.15, -0.1) is 0 Å². The zero-order valence-electron chi connectivity index (χ0n) is 5.24. The van der Waals surface area contributed by atoms with Gasteiger partial charge in [0.25, 0.3) is 0 Å². The number of hydrogen-bond donors (Lipinski definition) is 1. The van der Waals surface area contributed by atoms with Crippen LogP contribution in [0.2, 0.25) is 0 Å². The molecule has 0 bridgehead atoms. The van der Waals surface area contributed by atoms with Gasteiger partial charge in [0.1, 0.15) is 6.10 Å². The summed E-state index contributed by atoms with van der Waals surface area (Å²) in [4.78, 5) is 3.66. The fraction of sp³-hybridized carbons (Fsp3) is 0.500. The molecule has 0 aliphatic heterocycles. The SMILES string of the molecule is CC[C@H](O)c1cnco1. The highest BCUT2D eigenvalue weighted by molar-refractivity contribution is 4.92. The van der Waals surface area contributed by atoms with Gasteiger partial charge in [-0.3, -0.25) is 0 Å². The molecule has 0 amide bonds. The van der Waals surface area contributed by atoms with Crippen molar-refractivity contribution in [2.75, 3.05) is 0 Å². The summed E-state index contributed by atoms with van der Waals surface area (Å²) in [5.74, 6) is 0.539. The van der Waals surface area contributed by atoms with E-state index in [-0.39, 0.29) is 0 Å². The van der Waals surface area contributed by atoms with Gasteiger partial charge in [0.05, 0.1) is 6.20 Å². The number of aliphatic hydroxyl groups is 1. The maximum Gasteiger partial charge on any atom is 0.180 e. The molecule has 0 fully saturated rings. The van der Waals surface area contributed by atoms with Gasteiger partial charge in [-0.1, -0.05) is 6.92 Å². The third-order valence-corrected chi connectivity index (χ3v) is 1.17. The summed E-state index contributed by atoms with van der Waals surface area (Å²) in [5, 5.41) is 9.08. The van der Waals surface area contributed by atoms with Gasteiger partial charge in [-0.2, -0.15) is 0 Å². The first-order valence-corrected chi connectivity index (χ1v) is 2.91. The van der Waals surface area contributed by atoms with Gasteiger partial charge >= 0.3 is 0 Å². The first-order valence-electron chi connectivity index (χ1n) is 2.91. The van der Waals surface area contributed by atoms with E-state index in [0.29, 0.717) is 12.2 Å². The van der Waals surface area contributed by atoms with Crippen LogP contribution in [-0.2, 0) is 0 Å². The van der Waals surface area contributed by atoms with Crippen molar-refractivity contribution in [3.63, 3.8) is 0 Å². The number of hydrogen-bond acceptors (Lipinski definition) is 3. The van der Waals surface area contributed by atoms with E-state index in [0.717, 1.165) is 0 Å². The van der Waals surface area contributed by atoms with Crippen molar-refractivity contribution >= 4 is 0 Å². The number of nitrogens with zero attached hydrogens (tertiary/aromatic N) is 1. The zero-order chi connectivity index (χ0) is 6.69. The molecule has 0 radical (unpaired) electrons. The molecule has 0 aliphatic rings. The van der Waals surface area contributed by atoms with Crippen LogP contribution in [0, 0.1) is 0 Å². The largest absolute Gasteiger partial charge is 0.446 e. The van der Waals surface area contributed by atoms with Gasteiger partial charge in [0, 0.05) is 0 Å². The molecule has 50 valence electrons. The van der Waals surface area contributed by atoms with Crippen LogP contribution in [0.25, 0.3) is 0 Å². The Bertz CT molecular complexity index is 160. The number of aliphatic hydroxyl groups excluding tert-OH is 1. The Kier molecular flexibility index (Phi) is 1.85. The summed E-state index contributed by atoms with van der Waals surface area (Å²) in [5.41, 5.74) is 0. The third kappa shape index (κ3) is 1.29. The van der Waals surface area contributed by atoms with Crippen LogP contribution in [-0.4, -0.2) is 10.1 Å². The van der Waals surface area contributed by atoms with E-state index in [1.54, 1.807) is 0 Å². The van der Waals surface area contributed by atoms with Gasteiger partial charge in [-0.05, 0) is 6.42 Å². The molecule has 3 heteroatoms. The molecular weight excluding hydrogens is 118 g/mol. The summed E-state index contributed by atoms with van der Waals surface area (Å²) < 4.78 is 4.83. The van der Waals surface area contributed by atoms with Gasteiger partial charge in [0.2, 0.25) is 0 Å². The highest BCUT2D eigenvalue weighted by Crippen LogP contribution is 2.13. The summed E-state index contributed by atoms with van der Waals surface area (Å²) in [6.07, 6.45) is 3.00. The van der Waals surface area contributed by atoms with Crippen molar-refractivity contribution in [2.45, 2.75) is 19.4 Å². The lowest BCUT2D eigenvalue weighted by Gasteiger charge is -1.99. The number of oxazole rings is 1. The molecule has 1 atom stereocenters. The normalized spacial score (nSPS) is 13.6. The van der Waals surface area contributed by atoms with Gasteiger partial charge < -0.3 is 9.52 Å². The van der Waals surface area contributed by atoms with E-state index in [2.05, 4.69) is 4.98 Å². The molecule has 1 heterocycles. The average Bonchev–Trinajstić information content (AvgIpc) is 2.37. The third-order valence-electron chi connectivity index (χ3n) is 1.17. The van der Waals surface area contributed by atoms with E-state index in [1.165, 1.54) is 12.6 Å². The van der Waals surface area contributed by atoms with Crippen LogP contribution in [0.15, 0.2) is 17.0 Å². The molecule has 3 nitrogen and oxygen atoms in total. The molecule has 1 aromatic heterocycles. The smallest absolute Gasteiger partial charge is 0.180 e. The molecule has 9 heavy (non-hydrogen) atoms. The van der Waals surface area contributed by atoms with Crippen molar-refractivity contribution in [3.05, 3.63) is 18.4 Å². The Morgan fingerprint density at radius 2 is 2.67 bits per heavy atom. The van der Waals surface area contributed by atoms with E-state index in [1.807, 2.05) is 6.92 Å². The van der Waals surface area contributed by atoms with Crippen molar-refractivity contribution in [3.8, 4) is 0 Å². The predicted molar refractivity (Wildman–Crippen MR) is 31.8 cm³/mol. The summed E-state index contributed by atoms with van der Waals surface area (Å²) in [7, 11) is 0. The number of rotatable bonds is 2. The maximum absolute atomic E-state index is 9.08. The second kappa shape index (κ2) is 2.64. The molecule has 1 aromatic rings. The summed E-state index contributed by atoms with van der Waals surface area (Å²) in [6, 6.07) is 0. The van der Waals surface area contributed by atoms with Crippen LogP contribution in [0.3, 0.4) is 0 Å².